The first-order chi connectivity index (χ1) is 12.6. The van der Waals surface area contributed by atoms with Crippen molar-refractivity contribution in [1.29, 1.82) is 0 Å². The molecule has 26 heavy (non-hydrogen) atoms. The Morgan fingerprint density at radius 1 is 0.885 bits per heavy atom. The van der Waals surface area contributed by atoms with E-state index in [1.165, 1.54) is 16.5 Å². The highest BCUT2D eigenvalue weighted by Gasteiger charge is 2.00. The molecule has 2 N–H and O–H groups in total. The van der Waals surface area contributed by atoms with Crippen LogP contribution >= 0.6 is 0 Å². The van der Waals surface area contributed by atoms with Gasteiger partial charge in [0.05, 0.1) is 29.1 Å². The number of aromatic nitrogens is 4. The zero-order valence-electron chi connectivity index (χ0n) is 17.1. The van der Waals surface area contributed by atoms with Gasteiger partial charge in [0.25, 0.3) is 0 Å². The summed E-state index contributed by atoms with van der Waals surface area (Å²) in [5, 5.41) is 8.12. The number of nitrogens with zero attached hydrogens (tertiary/aromatic N) is 2. The summed E-state index contributed by atoms with van der Waals surface area (Å²) < 4.78 is 0. The minimum atomic E-state index is 0.581. The lowest BCUT2D eigenvalue weighted by Crippen LogP contribution is -1.85. The summed E-state index contributed by atoms with van der Waals surface area (Å²) in [6.45, 7) is 14.5. The van der Waals surface area contributed by atoms with Crippen molar-refractivity contribution in [1.82, 2.24) is 20.2 Å². The van der Waals surface area contributed by atoms with Gasteiger partial charge >= 0.3 is 0 Å². The fraction of sp³-hybridized carbons (Fsp3) is 0.364. The van der Waals surface area contributed by atoms with Crippen molar-refractivity contribution in [2.24, 2.45) is 0 Å². The van der Waals surface area contributed by atoms with Crippen molar-refractivity contribution in [3.8, 4) is 0 Å². The fourth-order valence-electron chi connectivity index (χ4n) is 2.36. The van der Waals surface area contributed by atoms with E-state index in [1.807, 2.05) is 40.0 Å². The zero-order valence-corrected chi connectivity index (χ0v) is 17.1. The molecule has 4 heteroatoms. The maximum absolute atomic E-state index is 4.10. The van der Waals surface area contributed by atoms with Gasteiger partial charge in [-0.15, -0.1) is 0 Å². The molecule has 0 amide bonds. The second-order valence-electron chi connectivity index (χ2n) is 5.79. The minimum absolute atomic E-state index is 0.581. The average Bonchev–Trinajstić information content (AvgIpc) is 3.33. The summed E-state index contributed by atoms with van der Waals surface area (Å²) in [6.07, 6.45) is 3.56. The van der Waals surface area contributed by atoms with E-state index < -0.39 is 0 Å². The van der Waals surface area contributed by atoms with Gasteiger partial charge in [0.1, 0.15) is 0 Å². The number of nitrogens with one attached hydrogen (secondary N) is 2. The third-order valence-corrected chi connectivity index (χ3v) is 3.71. The van der Waals surface area contributed by atoms with E-state index in [0.29, 0.717) is 5.92 Å². The van der Waals surface area contributed by atoms with Crippen molar-refractivity contribution < 1.29 is 0 Å². The van der Waals surface area contributed by atoms with Gasteiger partial charge in [-0.1, -0.05) is 59.7 Å². The zero-order chi connectivity index (χ0) is 19.5. The predicted molar refractivity (Wildman–Crippen MR) is 114 cm³/mol. The molecule has 2 aromatic carbocycles. The molecule has 4 nitrogen and oxygen atoms in total. The van der Waals surface area contributed by atoms with Gasteiger partial charge < -0.3 is 4.98 Å². The molecular formula is C22H32N4. The number of rotatable bonds is 1. The number of H-pyrrole nitrogens is 2. The molecule has 140 valence electrons. The van der Waals surface area contributed by atoms with Gasteiger partial charge in [0.2, 0.25) is 0 Å². The Morgan fingerprint density at radius 2 is 1.62 bits per heavy atom. The first-order valence-corrected chi connectivity index (χ1v) is 9.46. The first-order valence-electron chi connectivity index (χ1n) is 9.46. The minimum Gasteiger partial charge on any atom is -0.345 e. The SMILES string of the molecule is CC.CC.CC(C)c1ccc2cn[nH]c2c1.Cc1ccc2nc[nH]c2c1. The van der Waals surface area contributed by atoms with Crippen LogP contribution in [0.1, 0.15) is 58.6 Å². The van der Waals surface area contributed by atoms with Crippen LogP contribution in [0.5, 0.6) is 0 Å². The molecule has 2 heterocycles. The molecule has 0 spiro atoms. The lowest BCUT2D eigenvalue weighted by Gasteiger charge is -2.03. The van der Waals surface area contributed by atoms with Crippen LogP contribution in [0.25, 0.3) is 21.9 Å². The van der Waals surface area contributed by atoms with Crippen LogP contribution in [0, 0.1) is 6.92 Å². The monoisotopic (exact) mass is 352 g/mol. The standard InChI is InChI=1S/C10H12N2.C8H8N2.2C2H6/c1-7(2)8-3-4-9-6-11-12-10(9)5-8;1-6-2-3-7-8(4-6)10-5-9-7;2*1-2/h3-7H,1-2H3,(H,11,12);2-5H,1H3,(H,9,10);2*1-2H3. The molecule has 0 aliphatic heterocycles. The van der Waals surface area contributed by atoms with Gasteiger partial charge in [-0.25, -0.2) is 4.98 Å². The summed E-state index contributed by atoms with van der Waals surface area (Å²) in [5.74, 6) is 0.581. The van der Waals surface area contributed by atoms with E-state index in [0.717, 1.165) is 16.6 Å². The first kappa shape index (κ1) is 21.4. The van der Waals surface area contributed by atoms with E-state index in [-0.39, 0.29) is 0 Å². The highest BCUT2D eigenvalue weighted by Crippen LogP contribution is 2.19. The van der Waals surface area contributed by atoms with E-state index in [9.17, 15) is 0 Å². The number of imidazole rings is 1. The number of aromatic amines is 2. The Kier molecular flexibility index (Phi) is 9.13. The van der Waals surface area contributed by atoms with Gasteiger partial charge in [0.15, 0.2) is 0 Å². The lowest BCUT2D eigenvalue weighted by molar-refractivity contribution is 0.868. The van der Waals surface area contributed by atoms with Crippen molar-refractivity contribution in [2.75, 3.05) is 0 Å². The molecular weight excluding hydrogens is 320 g/mol. The molecule has 4 aromatic rings. The van der Waals surface area contributed by atoms with E-state index in [1.54, 1.807) is 6.33 Å². The number of fused-ring (bicyclic) bond motifs is 2. The van der Waals surface area contributed by atoms with Crippen LogP contribution in [0.3, 0.4) is 0 Å². The van der Waals surface area contributed by atoms with Gasteiger partial charge in [-0.05, 0) is 42.2 Å². The summed E-state index contributed by atoms with van der Waals surface area (Å²) in [5.41, 5.74) is 5.88. The Hall–Kier alpha value is -2.62. The van der Waals surface area contributed by atoms with Gasteiger partial charge in [-0.3, -0.25) is 5.10 Å². The maximum atomic E-state index is 4.10. The smallest absolute Gasteiger partial charge is 0.0931 e. The second kappa shape index (κ2) is 11.1. The van der Waals surface area contributed by atoms with Crippen LogP contribution in [0.15, 0.2) is 48.9 Å². The van der Waals surface area contributed by atoms with Crippen LogP contribution < -0.4 is 0 Å². The Morgan fingerprint density at radius 3 is 2.31 bits per heavy atom. The average molecular weight is 353 g/mol. The lowest BCUT2D eigenvalue weighted by atomic mass is 10.0. The normalized spacial score (nSPS) is 9.69. The molecule has 0 saturated heterocycles. The number of hydrogen-bond donors (Lipinski definition) is 2. The molecule has 0 aliphatic carbocycles. The Balaban J connectivity index is 0.000000221. The van der Waals surface area contributed by atoms with E-state index in [4.69, 9.17) is 0 Å². The third kappa shape index (κ3) is 5.73. The summed E-state index contributed by atoms with van der Waals surface area (Å²) in [7, 11) is 0. The van der Waals surface area contributed by atoms with E-state index in [2.05, 4.69) is 71.3 Å². The topological polar surface area (TPSA) is 57.4 Å². The van der Waals surface area contributed by atoms with Crippen molar-refractivity contribution in [3.63, 3.8) is 0 Å². The molecule has 0 saturated carbocycles. The fourth-order valence-corrected chi connectivity index (χ4v) is 2.36. The Bertz CT molecular complexity index is 887. The molecule has 0 bridgehead atoms. The number of benzene rings is 2. The molecule has 4 rings (SSSR count). The predicted octanol–water partition coefficient (Wildman–Crippen LogP) is 6.61. The van der Waals surface area contributed by atoms with E-state index >= 15 is 0 Å². The number of hydrogen-bond acceptors (Lipinski definition) is 2. The van der Waals surface area contributed by atoms with Crippen molar-refractivity contribution in [3.05, 3.63) is 60.0 Å². The highest BCUT2D eigenvalue weighted by molar-refractivity contribution is 5.78. The summed E-state index contributed by atoms with van der Waals surface area (Å²) >= 11 is 0. The molecule has 2 aromatic heterocycles. The second-order valence-corrected chi connectivity index (χ2v) is 5.79. The third-order valence-electron chi connectivity index (χ3n) is 3.71. The van der Waals surface area contributed by atoms with Crippen molar-refractivity contribution >= 4 is 21.9 Å². The summed E-state index contributed by atoms with van der Waals surface area (Å²) in [6, 6.07) is 12.6. The molecule has 0 aliphatic rings. The highest BCUT2D eigenvalue weighted by atomic mass is 15.1. The van der Waals surface area contributed by atoms with Crippen LogP contribution in [-0.4, -0.2) is 20.2 Å². The van der Waals surface area contributed by atoms with Crippen LogP contribution in [0.4, 0.5) is 0 Å². The quantitative estimate of drug-likeness (QED) is 0.405. The molecule has 0 atom stereocenters. The van der Waals surface area contributed by atoms with Gasteiger partial charge in [0, 0.05) is 5.39 Å². The Labute approximate surface area is 157 Å². The molecule has 0 fully saturated rings. The van der Waals surface area contributed by atoms with Crippen LogP contribution in [-0.2, 0) is 0 Å². The largest absolute Gasteiger partial charge is 0.345 e. The van der Waals surface area contributed by atoms with Gasteiger partial charge in [-0.2, -0.15) is 5.10 Å². The van der Waals surface area contributed by atoms with Crippen LogP contribution in [0.2, 0.25) is 0 Å². The van der Waals surface area contributed by atoms with Crippen molar-refractivity contribution in [2.45, 2.75) is 54.4 Å². The number of aryl methyl sites for hydroxylation is 1. The molecule has 0 unspecified atom stereocenters. The summed E-state index contributed by atoms with van der Waals surface area (Å²) in [4.78, 5) is 7.15. The molecule has 0 radical (unpaired) electrons. The maximum Gasteiger partial charge on any atom is 0.0931 e.